The Bertz CT molecular complexity index is 394. The number of hydrogen-bond acceptors (Lipinski definition) is 3. The van der Waals surface area contributed by atoms with E-state index in [4.69, 9.17) is 10.5 Å². The van der Waals surface area contributed by atoms with Gasteiger partial charge in [-0.25, -0.2) is 0 Å². The van der Waals surface area contributed by atoms with Crippen LogP contribution in [0.1, 0.15) is 24.9 Å². The summed E-state index contributed by atoms with van der Waals surface area (Å²) in [5, 5.41) is 0. The highest BCUT2D eigenvalue weighted by molar-refractivity contribution is 5.77. The molecule has 1 aromatic rings. The molecule has 4 nitrogen and oxygen atoms in total. The number of carbonyl (C=O) groups is 1. The van der Waals surface area contributed by atoms with E-state index in [1.165, 1.54) is 0 Å². The number of morpholine rings is 1. The van der Waals surface area contributed by atoms with Gasteiger partial charge in [-0.15, -0.1) is 0 Å². The lowest BCUT2D eigenvalue weighted by atomic mass is 10.0. The Kier molecular flexibility index (Phi) is 4.33. The van der Waals surface area contributed by atoms with Crippen molar-refractivity contribution in [2.24, 2.45) is 5.73 Å². The highest BCUT2D eigenvalue weighted by atomic mass is 16.5. The smallest absolute Gasteiger partial charge is 0.224 e. The molecule has 0 aromatic heterocycles. The molecule has 0 radical (unpaired) electrons. The second-order valence-electron chi connectivity index (χ2n) is 4.73. The van der Waals surface area contributed by atoms with Crippen LogP contribution in [0.2, 0.25) is 0 Å². The van der Waals surface area contributed by atoms with E-state index < -0.39 is 0 Å². The fourth-order valence-electron chi connectivity index (χ4n) is 2.22. The fourth-order valence-corrected chi connectivity index (χ4v) is 2.22. The number of nitrogens with zero attached hydrogens (tertiary/aromatic N) is 1. The first-order chi connectivity index (χ1) is 8.68. The minimum Gasteiger partial charge on any atom is -0.377 e. The summed E-state index contributed by atoms with van der Waals surface area (Å²) in [5.74, 6) is 0.113. The summed E-state index contributed by atoms with van der Waals surface area (Å²) in [6.45, 7) is 3.91. The zero-order valence-electron chi connectivity index (χ0n) is 10.7. The Morgan fingerprint density at radius 3 is 2.89 bits per heavy atom. The lowest BCUT2D eigenvalue weighted by molar-refractivity contribution is -0.139. The van der Waals surface area contributed by atoms with Crippen molar-refractivity contribution >= 4 is 5.91 Å². The van der Waals surface area contributed by atoms with Crippen LogP contribution in [-0.2, 0) is 9.53 Å². The number of benzene rings is 1. The summed E-state index contributed by atoms with van der Waals surface area (Å²) in [7, 11) is 0. The molecule has 98 valence electrons. The second-order valence-corrected chi connectivity index (χ2v) is 4.73. The van der Waals surface area contributed by atoms with E-state index in [0.717, 1.165) is 5.56 Å². The number of hydrogen-bond donors (Lipinski definition) is 1. The Balaban J connectivity index is 1.94. The van der Waals surface area contributed by atoms with Crippen LogP contribution in [0.25, 0.3) is 0 Å². The van der Waals surface area contributed by atoms with Gasteiger partial charge < -0.3 is 15.4 Å². The van der Waals surface area contributed by atoms with Gasteiger partial charge >= 0.3 is 0 Å². The standard InChI is InChI=1S/C14H20N2O2/c1-11-10-18-8-7-16(11)14(17)9-13(15)12-5-3-2-4-6-12/h2-6,11,13H,7-10,15H2,1H3/t11-,13-/m1/s1. The van der Waals surface area contributed by atoms with Crippen molar-refractivity contribution in [2.45, 2.75) is 25.4 Å². The van der Waals surface area contributed by atoms with E-state index in [1.807, 2.05) is 42.2 Å². The van der Waals surface area contributed by atoms with Crippen molar-refractivity contribution in [1.82, 2.24) is 4.90 Å². The first kappa shape index (κ1) is 13.1. The Morgan fingerprint density at radius 1 is 1.50 bits per heavy atom. The molecular weight excluding hydrogens is 228 g/mol. The van der Waals surface area contributed by atoms with E-state index in [0.29, 0.717) is 26.2 Å². The molecule has 2 rings (SSSR count). The predicted molar refractivity (Wildman–Crippen MR) is 70.0 cm³/mol. The molecule has 2 atom stereocenters. The average molecular weight is 248 g/mol. The summed E-state index contributed by atoms with van der Waals surface area (Å²) in [4.78, 5) is 14.0. The number of nitrogens with two attached hydrogens (primary N) is 1. The van der Waals surface area contributed by atoms with Gasteiger partial charge in [0.1, 0.15) is 0 Å². The normalized spacial score (nSPS) is 21.7. The van der Waals surface area contributed by atoms with Crippen LogP contribution < -0.4 is 5.73 Å². The van der Waals surface area contributed by atoms with Crippen molar-refractivity contribution < 1.29 is 9.53 Å². The first-order valence-electron chi connectivity index (χ1n) is 6.36. The maximum Gasteiger partial charge on any atom is 0.224 e. The van der Waals surface area contributed by atoms with Crippen molar-refractivity contribution in [3.63, 3.8) is 0 Å². The van der Waals surface area contributed by atoms with Crippen LogP contribution >= 0.6 is 0 Å². The van der Waals surface area contributed by atoms with Gasteiger partial charge in [0.25, 0.3) is 0 Å². The van der Waals surface area contributed by atoms with Gasteiger partial charge in [0.2, 0.25) is 5.91 Å². The van der Waals surface area contributed by atoms with Gasteiger partial charge in [-0.3, -0.25) is 4.79 Å². The quantitative estimate of drug-likeness (QED) is 0.878. The van der Waals surface area contributed by atoms with Crippen molar-refractivity contribution in [1.29, 1.82) is 0 Å². The number of amides is 1. The molecule has 0 spiro atoms. The average Bonchev–Trinajstić information content (AvgIpc) is 2.40. The van der Waals surface area contributed by atoms with Crippen molar-refractivity contribution in [3.05, 3.63) is 35.9 Å². The van der Waals surface area contributed by atoms with E-state index in [9.17, 15) is 4.79 Å². The van der Waals surface area contributed by atoms with Gasteiger partial charge in [-0.2, -0.15) is 0 Å². The van der Waals surface area contributed by atoms with Crippen LogP contribution in [0.15, 0.2) is 30.3 Å². The number of carbonyl (C=O) groups excluding carboxylic acids is 1. The molecule has 1 heterocycles. The summed E-state index contributed by atoms with van der Waals surface area (Å²) in [6.07, 6.45) is 0.356. The Morgan fingerprint density at radius 2 is 2.22 bits per heavy atom. The van der Waals surface area contributed by atoms with Crippen LogP contribution in [0, 0.1) is 0 Å². The molecular formula is C14H20N2O2. The molecule has 1 aliphatic heterocycles. The molecule has 1 aliphatic rings. The number of ether oxygens (including phenoxy) is 1. The summed E-state index contributed by atoms with van der Waals surface area (Å²) >= 11 is 0. The van der Waals surface area contributed by atoms with Gasteiger partial charge in [-0.1, -0.05) is 30.3 Å². The van der Waals surface area contributed by atoms with Gasteiger partial charge in [0, 0.05) is 19.0 Å². The minimum absolute atomic E-state index is 0.113. The predicted octanol–water partition coefficient (Wildman–Crippen LogP) is 1.32. The minimum atomic E-state index is -0.228. The van der Waals surface area contributed by atoms with Crippen LogP contribution in [0.3, 0.4) is 0 Å². The maximum atomic E-state index is 12.2. The van der Waals surface area contributed by atoms with Gasteiger partial charge in [0.05, 0.1) is 19.3 Å². The lowest BCUT2D eigenvalue weighted by Gasteiger charge is -2.34. The summed E-state index contributed by atoms with van der Waals surface area (Å²) in [6, 6.07) is 9.67. The molecule has 1 aromatic carbocycles. The fraction of sp³-hybridized carbons (Fsp3) is 0.500. The monoisotopic (exact) mass is 248 g/mol. The van der Waals surface area contributed by atoms with Gasteiger partial charge in [0.15, 0.2) is 0 Å². The number of rotatable bonds is 3. The molecule has 0 aliphatic carbocycles. The molecule has 0 unspecified atom stereocenters. The summed E-state index contributed by atoms with van der Waals surface area (Å²) < 4.78 is 5.33. The van der Waals surface area contributed by atoms with E-state index in [1.54, 1.807) is 0 Å². The molecule has 0 bridgehead atoms. The first-order valence-corrected chi connectivity index (χ1v) is 6.36. The van der Waals surface area contributed by atoms with E-state index in [-0.39, 0.29) is 18.0 Å². The largest absolute Gasteiger partial charge is 0.377 e. The van der Waals surface area contributed by atoms with Crippen LogP contribution in [0.4, 0.5) is 0 Å². The topological polar surface area (TPSA) is 55.6 Å². The van der Waals surface area contributed by atoms with Crippen molar-refractivity contribution in [2.75, 3.05) is 19.8 Å². The Labute approximate surface area is 108 Å². The zero-order chi connectivity index (χ0) is 13.0. The SMILES string of the molecule is C[C@@H]1COCCN1C(=O)C[C@@H](N)c1ccccc1. The van der Waals surface area contributed by atoms with E-state index in [2.05, 4.69) is 0 Å². The third-order valence-electron chi connectivity index (χ3n) is 3.31. The highest BCUT2D eigenvalue weighted by Gasteiger charge is 2.25. The second kappa shape index (κ2) is 5.98. The van der Waals surface area contributed by atoms with Crippen LogP contribution in [0.5, 0.6) is 0 Å². The van der Waals surface area contributed by atoms with Crippen LogP contribution in [-0.4, -0.2) is 36.6 Å². The Hall–Kier alpha value is -1.39. The summed E-state index contributed by atoms with van der Waals surface area (Å²) in [5.41, 5.74) is 7.08. The molecule has 0 saturated carbocycles. The molecule has 4 heteroatoms. The maximum absolute atomic E-state index is 12.2. The highest BCUT2D eigenvalue weighted by Crippen LogP contribution is 2.16. The third-order valence-corrected chi connectivity index (χ3v) is 3.31. The van der Waals surface area contributed by atoms with E-state index >= 15 is 0 Å². The molecule has 1 fully saturated rings. The lowest BCUT2D eigenvalue weighted by Crippen LogP contribution is -2.47. The molecule has 1 saturated heterocycles. The third kappa shape index (κ3) is 3.09. The van der Waals surface area contributed by atoms with Gasteiger partial charge in [-0.05, 0) is 12.5 Å². The van der Waals surface area contributed by atoms with Crippen molar-refractivity contribution in [3.8, 4) is 0 Å². The molecule has 18 heavy (non-hydrogen) atoms. The zero-order valence-corrected chi connectivity index (χ0v) is 10.7. The molecule has 1 amide bonds. The molecule has 2 N–H and O–H groups in total.